The number of hydrogen-bond donors (Lipinski definition) is 3. The Balaban J connectivity index is 2.11. The van der Waals surface area contributed by atoms with E-state index in [-0.39, 0.29) is 32.8 Å². The lowest BCUT2D eigenvalue weighted by Gasteiger charge is -2.16. The predicted molar refractivity (Wildman–Crippen MR) is 137 cm³/mol. The first kappa shape index (κ1) is 26.7. The molecule has 0 aliphatic heterocycles. The number of aromatic amines is 1. The van der Waals surface area contributed by atoms with Gasteiger partial charge in [0, 0.05) is 7.05 Å². The van der Waals surface area contributed by atoms with Crippen LogP contribution in [0.25, 0.3) is 11.3 Å². The highest BCUT2D eigenvalue weighted by molar-refractivity contribution is 6.37. The van der Waals surface area contributed by atoms with Gasteiger partial charge in [0.25, 0.3) is 11.5 Å². The van der Waals surface area contributed by atoms with Crippen LogP contribution >= 0.6 is 23.2 Å². The molecule has 0 saturated heterocycles. The van der Waals surface area contributed by atoms with E-state index < -0.39 is 28.8 Å². The van der Waals surface area contributed by atoms with Crippen molar-refractivity contribution in [2.45, 2.75) is 20.3 Å². The number of nitrogens with two attached hydrogens (primary N) is 1. The molecule has 0 bridgehead atoms. The third kappa shape index (κ3) is 5.84. The number of H-pyrrole nitrogens is 1. The largest absolute Gasteiger partial charge is 0.454 e. The third-order valence-electron chi connectivity index (χ3n) is 5.13. The number of nitrogens with one attached hydrogen (secondary N) is 2. The fourth-order valence-corrected chi connectivity index (χ4v) is 3.63. The second-order valence-electron chi connectivity index (χ2n) is 7.54. The highest BCUT2D eigenvalue weighted by Crippen LogP contribution is 2.37. The van der Waals surface area contributed by atoms with Gasteiger partial charge in [-0.2, -0.15) is 4.68 Å². The normalized spacial score (nSPS) is 12.2. The molecule has 0 fully saturated rings. The van der Waals surface area contributed by atoms with E-state index in [1.807, 2.05) is 11.9 Å². The summed E-state index contributed by atoms with van der Waals surface area (Å²) in [7, 11) is 1.46. The molecule has 0 radical (unpaired) electrons. The number of nitrogen functional groups attached to an aromatic ring is 1. The topological polar surface area (TPSA) is 132 Å². The second kappa shape index (κ2) is 11.2. The summed E-state index contributed by atoms with van der Waals surface area (Å²) in [4.78, 5) is 38.4. The van der Waals surface area contributed by atoms with Crippen LogP contribution in [0.5, 0.6) is 5.75 Å². The minimum Gasteiger partial charge on any atom is -0.454 e. The number of benzene rings is 2. The molecule has 12 heteroatoms. The lowest BCUT2D eigenvalue weighted by atomic mass is 10.0. The van der Waals surface area contributed by atoms with Crippen molar-refractivity contribution < 1.29 is 13.9 Å². The van der Waals surface area contributed by atoms with Crippen molar-refractivity contribution in [3.05, 3.63) is 96.1 Å². The molecule has 4 N–H and O–H groups in total. The van der Waals surface area contributed by atoms with Crippen LogP contribution in [0, 0.1) is 5.82 Å². The molecule has 188 valence electrons. The molecule has 1 amide bonds. The lowest BCUT2D eigenvalue weighted by molar-refractivity contribution is -0.115. The number of amides is 1. The number of carbonyl (C=O) groups is 1. The molecule has 36 heavy (non-hydrogen) atoms. The number of rotatable bonds is 7. The number of anilines is 1. The van der Waals surface area contributed by atoms with Crippen LogP contribution in [0.4, 0.5) is 10.2 Å². The molecule has 0 unspecified atom stereocenters. The van der Waals surface area contributed by atoms with Gasteiger partial charge in [-0.05, 0) is 54.8 Å². The molecule has 0 atom stereocenters. The Kier molecular flexibility index (Phi) is 8.33. The summed E-state index contributed by atoms with van der Waals surface area (Å²) in [6.45, 7) is 3.68. The Morgan fingerprint density at radius 2 is 1.92 bits per heavy atom. The molecule has 1 heterocycles. The van der Waals surface area contributed by atoms with E-state index >= 15 is 0 Å². The Hall–Kier alpha value is -3.89. The van der Waals surface area contributed by atoms with E-state index in [0.717, 1.165) is 10.3 Å². The maximum Gasteiger partial charge on any atom is 0.349 e. The van der Waals surface area contributed by atoms with Crippen molar-refractivity contribution in [3.63, 3.8) is 0 Å². The number of ether oxygens (including phenoxy) is 1. The van der Waals surface area contributed by atoms with E-state index in [2.05, 4.69) is 10.4 Å². The average molecular weight is 534 g/mol. The fourth-order valence-electron chi connectivity index (χ4n) is 3.08. The maximum absolute atomic E-state index is 13.9. The van der Waals surface area contributed by atoms with Gasteiger partial charge in [0.05, 0.1) is 21.3 Å². The maximum atomic E-state index is 13.9. The smallest absolute Gasteiger partial charge is 0.349 e. The molecule has 0 aliphatic carbocycles. The number of carbonyl (C=O) groups excluding carboxylic acids is 1. The van der Waals surface area contributed by atoms with E-state index in [0.29, 0.717) is 12.0 Å². The van der Waals surface area contributed by atoms with Crippen LogP contribution < -0.4 is 27.0 Å². The zero-order valence-corrected chi connectivity index (χ0v) is 21.0. The predicted octanol–water partition coefficient (Wildman–Crippen LogP) is 3.84. The summed E-state index contributed by atoms with van der Waals surface area (Å²) < 4.78 is 20.7. The van der Waals surface area contributed by atoms with Gasteiger partial charge in [-0.15, -0.1) is 5.10 Å². The third-order valence-corrected chi connectivity index (χ3v) is 5.69. The van der Waals surface area contributed by atoms with Crippen LogP contribution in [0.2, 0.25) is 10.0 Å². The Bertz CT molecular complexity index is 1490. The number of halogens is 3. The summed E-state index contributed by atoms with van der Waals surface area (Å²) in [5, 5.41) is 6.31. The zero-order valence-electron chi connectivity index (χ0n) is 19.5. The summed E-state index contributed by atoms with van der Waals surface area (Å²) in [6.07, 6.45) is 2.03. The van der Waals surface area contributed by atoms with Gasteiger partial charge in [-0.25, -0.2) is 9.18 Å². The first-order chi connectivity index (χ1) is 17.0. The molecule has 2 aromatic carbocycles. The van der Waals surface area contributed by atoms with Crippen molar-refractivity contribution in [1.82, 2.24) is 20.1 Å². The fraction of sp³-hybridized carbons (Fsp3) is 0.167. The number of allylic oxidation sites excluding steroid dienone is 2. The van der Waals surface area contributed by atoms with Crippen LogP contribution in [-0.2, 0) is 4.79 Å². The summed E-state index contributed by atoms with van der Waals surface area (Å²) in [5.74, 6) is -1.08. The molecule has 1 aromatic heterocycles. The van der Waals surface area contributed by atoms with E-state index in [1.54, 1.807) is 13.0 Å². The summed E-state index contributed by atoms with van der Waals surface area (Å²) in [6, 6.07) is 8.29. The molecule has 0 aliphatic rings. The molecular weight excluding hydrogens is 512 g/mol. The van der Waals surface area contributed by atoms with Crippen molar-refractivity contribution in [3.8, 4) is 11.4 Å². The quantitative estimate of drug-likeness (QED) is 0.240. The average Bonchev–Trinajstić information content (AvgIpc) is 2.84. The number of aromatic nitrogens is 3. The van der Waals surface area contributed by atoms with Gasteiger partial charge >= 0.3 is 5.69 Å². The van der Waals surface area contributed by atoms with Crippen LogP contribution in [-0.4, -0.2) is 27.7 Å². The van der Waals surface area contributed by atoms with E-state index in [1.165, 1.54) is 43.5 Å². The van der Waals surface area contributed by atoms with E-state index in [4.69, 9.17) is 33.7 Å². The molecule has 0 spiro atoms. The van der Waals surface area contributed by atoms with Gasteiger partial charge in [0.1, 0.15) is 11.6 Å². The molecule has 0 saturated carbocycles. The standard InChI is InChI=1S/C24H22Cl2FN5O4/c1-4-12(2)19(11-16(22(33)29-3)13-6-5-7-14(27)8-13)36-20-17(25)9-15(10-18(20)26)32-24(35)30-23(34)21(28)31-32/h5-11H,4H2,1-3H3,(H2,28,31)(H,29,33)(H,30,34,35)/b16-11-,19-12?. The van der Waals surface area contributed by atoms with Crippen LogP contribution in [0.3, 0.4) is 0 Å². The van der Waals surface area contributed by atoms with Crippen molar-refractivity contribution in [1.29, 1.82) is 0 Å². The Labute approximate surface area is 215 Å². The highest BCUT2D eigenvalue weighted by atomic mass is 35.5. The Morgan fingerprint density at radius 3 is 2.50 bits per heavy atom. The minimum absolute atomic E-state index is 0.0121. The molecular formula is C24H22Cl2FN5O4. The van der Waals surface area contributed by atoms with Gasteiger partial charge in [-0.3, -0.25) is 14.6 Å². The SMILES string of the molecule is CCC(C)=C(/C=C(\C(=O)NC)c1cccc(F)c1)Oc1c(Cl)cc(-n2nc(N)c(=O)[nH]c2=O)cc1Cl. The summed E-state index contributed by atoms with van der Waals surface area (Å²) in [5.41, 5.74) is 5.22. The second-order valence-corrected chi connectivity index (χ2v) is 8.36. The first-order valence-electron chi connectivity index (χ1n) is 10.6. The van der Waals surface area contributed by atoms with Crippen molar-refractivity contribution >= 4 is 40.5 Å². The van der Waals surface area contributed by atoms with E-state index in [9.17, 15) is 18.8 Å². The van der Waals surface area contributed by atoms with Crippen molar-refractivity contribution in [2.24, 2.45) is 0 Å². The molecule has 3 aromatic rings. The zero-order chi connectivity index (χ0) is 26.6. The lowest BCUT2D eigenvalue weighted by Crippen LogP contribution is -2.33. The van der Waals surface area contributed by atoms with Gasteiger partial charge in [0.15, 0.2) is 5.75 Å². The van der Waals surface area contributed by atoms with Gasteiger partial charge in [-0.1, -0.05) is 42.3 Å². The highest BCUT2D eigenvalue weighted by Gasteiger charge is 2.18. The number of nitrogens with zero attached hydrogens (tertiary/aromatic N) is 2. The molecule has 9 nitrogen and oxygen atoms in total. The first-order valence-corrected chi connectivity index (χ1v) is 11.4. The number of likely N-dealkylation sites (N-methyl/N-ethyl adjacent to an activating group) is 1. The van der Waals surface area contributed by atoms with Crippen LogP contribution in [0.1, 0.15) is 25.8 Å². The molecule has 3 rings (SSSR count). The van der Waals surface area contributed by atoms with Gasteiger partial charge < -0.3 is 15.8 Å². The van der Waals surface area contributed by atoms with Crippen molar-refractivity contribution in [2.75, 3.05) is 12.8 Å². The Morgan fingerprint density at radius 1 is 1.25 bits per heavy atom. The minimum atomic E-state index is -0.842. The monoisotopic (exact) mass is 533 g/mol. The number of hydrogen-bond acceptors (Lipinski definition) is 6. The van der Waals surface area contributed by atoms with Crippen LogP contribution in [0.15, 0.2) is 63.4 Å². The van der Waals surface area contributed by atoms with Gasteiger partial charge in [0.2, 0.25) is 5.82 Å². The summed E-state index contributed by atoms with van der Waals surface area (Å²) >= 11 is 12.9.